The fourth-order valence-electron chi connectivity index (χ4n) is 1.84. The predicted molar refractivity (Wildman–Crippen MR) is 81.2 cm³/mol. The third-order valence-corrected chi connectivity index (χ3v) is 2.93. The lowest BCUT2D eigenvalue weighted by molar-refractivity contribution is 0.245. The minimum Gasteiger partial charge on any atom is -0.393 e. The van der Waals surface area contributed by atoms with Crippen LogP contribution >= 0.6 is 11.6 Å². The van der Waals surface area contributed by atoms with E-state index in [0.717, 1.165) is 11.1 Å². The molecule has 0 aromatic carbocycles. The summed E-state index contributed by atoms with van der Waals surface area (Å²) in [7, 11) is 3.34. The zero-order valence-electron chi connectivity index (χ0n) is 11.3. The SMILES string of the molecule is CN/C=C(\C(=N)COC)c1cnc2ccc(Cl)nc2c1. The van der Waals surface area contributed by atoms with Gasteiger partial charge in [-0.1, -0.05) is 11.6 Å². The Morgan fingerprint density at radius 3 is 2.95 bits per heavy atom. The highest BCUT2D eigenvalue weighted by Gasteiger charge is 2.10. The number of fused-ring (bicyclic) bond motifs is 1. The first kappa shape index (κ1) is 14.4. The summed E-state index contributed by atoms with van der Waals surface area (Å²) in [6.07, 6.45) is 3.46. The molecule has 0 radical (unpaired) electrons. The minimum atomic E-state index is 0.231. The molecule has 0 atom stereocenters. The van der Waals surface area contributed by atoms with Crippen LogP contribution in [0.2, 0.25) is 5.15 Å². The van der Waals surface area contributed by atoms with E-state index in [1.165, 1.54) is 0 Å². The number of halogens is 1. The molecule has 0 spiro atoms. The molecule has 0 bridgehead atoms. The van der Waals surface area contributed by atoms with E-state index < -0.39 is 0 Å². The van der Waals surface area contributed by atoms with Gasteiger partial charge in [-0.05, 0) is 18.2 Å². The number of nitrogens with zero attached hydrogens (tertiary/aromatic N) is 2. The summed E-state index contributed by atoms with van der Waals surface area (Å²) in [6, 6.07) is 5.38. The first-order chi connectivity index (χ1) is 9.65. The van der Waals surface area contributed by atoms with Gasteiger partial charge < -0.3 is 15.5 Å². The van der Waals surface area contributed by atoms with Gasteiger partial charge in [0.15, 0.2) is 0 Å². The Hall–Kier alpha value is -1.98. The topological polar surface area (TPSA) is 70.9 Å². The van der Waals surface area contributed by atoms with E-state index in [0.29, 0.717) is 22.0 Å². The molecular weight excluding hydrogens is 276 g/mol. The molecule has 20 heavy (non-hydrogen) atoms. The highest BCUT2D eigenvalue weighted by molar-refractivity contribution is 6.29. The van der Waals surface area contributed by atoms with Crippen molar-refractivity contribution in [3.63, 3.8) is 0 Å². The van der Waals surface area contributed by atoms with Crippen LogP contribution in [0.5, 0.6) is 0 Å². The van der Waals surface area contributed by atoms with Gasteiger partial charge in [0, 0.05) is 37.7 Å². The Kier molecular flexibility index (Phi) is 4.65. The summed E-state index contributed by atoms with van der Waals surface area (Å²) >= 11 is 5.90. The van der Waals surface area contributed by atoms with E-state index in [4.69, 9.17) is 21.7 Å². The fourth-order valence-corrected chi connectivity index (χ4v) is 1.99. The number of methoxy groups -OCH3 is 1. The molecule has 6 heteroatoms. The van der Waals surface area contributed by atoms with E-state index in [1.807, 2.05) is 12.1 Å². The Bertz CT molecular complexity index is 669. The monoisotopic (exact) mass is 290 g/mol. The number of ether oxygens (including phenoxy) is 1. The van der Waals surface area contributed by atoms with Crippen molar-refractivity contribution in [3.8, 4) is 0 Å². The number of aromatic nitrogens is 2. The summed E-state index contributed by atoms with van der Waals surface area (Å²) in [6.45, 7) is 0.231. The van der Waals surface area contributed by atoms with Gasteiger partial charge in [-0.15, -0.1) is 0 Å². The zero-order chi connectivity index (χ0) is 14.5. The van der Waals surface area contributed by atoms with Crippen LogP contribution in [0.15, 0.2) is 30.6 Å². The molecule has 104 valence electrons. The number of rotatable bonds is 5. The average Bonchev–Trinajstić information content (AvgIpc) is 2.44. The van der Waals surface area contributed by atoms with E-state index in [9.17, 15) is 0 Å². The van der Waals surface area contributed by atoms with Gasteiger partial charge in [0.2, 0.25) is 0 Å². The summed E-state index contributed by atoms with van der Waals surface area (Å²) in [5, 5.41) is 11.4. The van der Waals surface area contributed by atoms with Crippen LogP contribution in [0.25, 0.3) is 16.6 Å². The molecule has 0 aliphatic heterocycles. The second-order valence-electron chi connectivity index (χ2n) is 4.15. The second kappa shape index (κ2) is 6.45. The van der Waals surface area contributed by atoms with Crippen molar-refractivity contribution in [2.45, 2.75) is 0 Å². The van der Waals surface area contributed by atoms with Gasteiger partial charge >= 0.3 is 0 Å². The Balaban J connectivity index is 2.48. The van der Waals surface area contributed by atoms with Crippen molar-refractivity contribution in [1.82, 2.24) is 15.3 Å². The third kappa shape index (κ3) is 3.12. The first-order valence-corrected chi connectivity index (χ1v) is 6.40. The lowest BCUT2D eigenvalue weighted by Crippen LogP contribution is -2.11. The van der Waals surface area contributed by atoms with Gasteiger partial charge in [-0.2, -0.15) is 0 Å². The molecule has 2 aromatic heterocycles. The molecule has 0 amide bonds. The van der Waals surface area contributed by atoms with Gasteiger partial charge in [-0.3, -0.25) is 4.98 Å². The van der Waals surface area contributed by atoms with Crippen LogP contribution in [-0.2, 0) is 4.74 Å². The lowest BCUT2D eigenvalue weighted by atomic mass is 10.0. The van der Waals surface area contributed by atoms with Crippen LogP contribution in [0.4, 0.5) is 0 Å². The highest BCUT2D eigenvalue weighted by atomic mass is 35.5. The molecule has 5 nitrogen and oxygen atoms in total. The third-order valence-electron chi connectivity index (χ3n) is 2.72. The van der Waals surface area contributed by atoms with Crippen molar-refractivity contribution in [2.24, 2.45) is 0 Å². The molecule has 0 saturated heterocycles. The summed E-state index contributed by atoms with van der Waals surface area (Å²) in [4.78, 5) is 8.58. The number of hydrogen-bond acceptors (Lipinski definition) is 5. The van der Waals surface area contributed by atoms with E-state index in [2.05, 4.69) is 15.3 Å². The molecular formula is C14H15ClN4O. The van der Waals surface area contributed by atoms with Crippen LogP contribution in [0.1, 0.15) is 5.56 Å². The Morgan fingerprint density at radius 1 is 1.45 bits per heavy atom. The van der Waals surface area contributed by atoms with Crippen molar-refractivity contribution >= 4 is 33.9 Å². The number of nitrogens with one attached hydrogen (secondary N) is 2. The quantitative estimate of drug-likeness (QED) is 0.656. The van der Waals surface area contributed by atoms with Gasteiger partial charge in [0.25, 0.3) is 0 Å². The van der Waals surface area contributed by atoms with E-state index in [1.54, 1.807) is 32.6 Å². The average molecular weight is 291 g/mol. The maximum atomic E-state index is 8.03. The zero-order valence-corrected chi connectivity index (χ0v) is 12.0. The highest BCUT2D eigenvalue weighted by Crippen LogP contribution is 2.20. The summed E-state index contributed by atoms with van der Waals surface area (Å²) < 4.78 is 5.01. The van der Waals surface area contributed by atoms with Crippen LogP contribution < -0.4 is 5.32 Å². The maximum absolute atomic E-state index is 8.03. The standard InChI is InChI=1S/C14H15ClN4O/c1-17-7-10(11(16)8-20-2)9-5-13-12(18-6-9)3-4-14(15)19-13/h3-7,16-17H,8H2,1-2H3/b10-7-,16-11?. The van der Waals surface area contributed by atoms with Crippen molar-refractivity contribution in [3.05, 3.63) is 41.3 Å². The predicted octanol–water partition coefficient (Wildman–Crippen LogP) is 2.51. The lowest BCUT2D eigenvalue weighted by Gasteiger charge is -2.09. The van der Waals surface area contributed by atoms with Gasteiger partial charge in [-0.25, -0.2) is 4.98 Å². The molecule has 0 unspecified atom stereocenters. The molecule has 0 aliphatic rings. The fraction of sp³-hybridized carbons (Fsp3) is 0.214. The van der Waals surface area contributed by atoms with Crippen LogP contribution in [-0.4, -0.2) is 36.4 Å². The minimum absolute atomic E-state index is 0.231. The largest absolute Gasteiger partial charge is 0.393 e. The molecule has 2 aromatic rings. The Morgan fingerprint density at radius 2 is 2.25 bits per heavy atom. The van der Waals surface area contributed by atoms with Crippen molar-refractivity contribution in [1.29, 1.82) is 5.41 Å². The number of pyridine rings is 2. The van der Waals surface area contributed by atoms with Crippen molar-refractivity contribution in [2.75, 3.05) is 20.8 Å². The molecule has 0 saturated carbocycles. The number of hydrogen-bond donors (Lipinski definition) is 2. The van der Waals surface area contributed by atoms with Crippen LogP contribution in [0, 0.1) is 5.41 Å². The smallest absolute Gasteiger partial charge is 0.129 e. The normalized spacial score (nSPS) is 11.7. The summed E-state index contributed by atoms with van der Waals surface area (Å²) in [5.41, 5.74) is 3.33. The first-order valence-electron chi connectivity index (χ1n) is 6.02. The Labute approximate surface area is 122 Å². The molecule has 2 rings (SSSR count). The van der Waals surface area contributed by atoms with Gasteiger partial charge in [0.05, 0.1) is 23.4 Å². The summed E-state index contributed by atoms with van der Waals surface area (Å²) in [5.74, 6) is 0. The molecule has 2 heterocycles. The van der Waals surface area contributed by atoms with E-state index >= 15 is 0 Å². The molecule has 0 fully saturated rings. The van der Waals surface area contributed by atoms with Crippen molar-refractivity contribution < 1.29 is 4.74 Å². The maximum Gasteiger partial charge on any atom is 0.129 e. The molecule has 0 aliphatic carbocycles. The van der Waals surface area contributed by atoms with Crippen LogP contribution in [0.3, 0.4) is 0 Å². The molecule has 2 N–H and O–H groups in total. The second-order valence-corrected chi connectivity index (χ2v) is 4.54. The van der Waals surface area contributed by atoms with Gasteiger partial charge in [0.1, 0.15) is 5.15 Å². The van der Waals surface area contributed by atoms with E-state index in [-0.39, 0.29) is 6.61 Å².